The van der Waals surface area contributed by atoms with Gasteiger partial charge in [-0.05, 0) is 57.0 Å². The molecule has 1 N–H and O–H groups in total. The third-order valence-corrected chi connectivity index (χ3v) is 3.54. The van der Waals surface area contributed by atoms with Gasteiger partial charge in [-0.25, -0.2) is 4.39 Å². The summed E-state index contributed by atoms with van der Waals surface area (Å²) in [6.07, 6.45) is 3.54. The molecule has 0 aliphatic heterocycles. The first-order chi connectivity index (χ1) is 9.21. The van der Waals surface area contributed by atoms with Crippen LogP contribution in [0.2, 0.25) is 0 Å². The normalized spacial score (nSPS) is 12.4. The zero-order valence-corrected chi connectivity index (χ0v) is 12.5. The largest absolute Gasteiger partial charge is 0.372 e. The van der Waals surface area contributed by atoms with Crippen molar-refractivity contribution >= 4 is 5.69 Å². The summed E-state index contributed by atoms with van der Waals surface area (Å²) in [5.74, 6) is -0.169. The molecule has 3 heteroatoms. The van der Waals surface area contributed by atoms with Crippen LogP contribution >= 0.6 is 0 Å². The molecule has 0 bridgehead atoms. The van der Waals surface area contributed by atoms with Gasteiger partial charge in [0.05, 0.1) is 0 Å². The van der Waals surface area contributed by atoms with E-state index in [1.54, 1.807) is 0 Å². The maximum Gasteiger partial charge on any atom is 0.123 e. The predicted octanol–water partition coefficient (Wildman–Crippen LogP) is 3.82. The summed E-state index contributed by atoms with van der Waals surface area (Å²) < 4.78 is 12.9. The average molecular weight is 266 g/mol. The number of hydrogen-bond acceptors (Lipinski definition) is 2. The standard InChI is InChI=1S/C16H27FN2/c1-4-15(18-5-2)8-7-13-19(6-3)16-11-9-14(17)10-12-16/h9-12,15,18H,4-8,13H2,1-3H3. The van der Waals surface area contributed by atoms with Crippen LogP contribution in [0.1, 0.15) is 40.0 Å². The fourth-order valence-corrected chi connectivity index (χ4v) is 2.39. The molecular formula is C16H27FN2. The van der Waals surface area contributed by atoms with E-state index in [-0.39, 0.29) is 5.82 Å². The first kappa shape index (κ1) is 16.0. The summed E-state index contributed by atoms with van der Waals surface area (Å²) in [6, 6.07) is 7.41. The Bertz CT molecular complexity index is 337. The van der Waals surface area contributed by atoms with E-state index in [9.17, 15) is 4.39 Å². The highest BCUT2D eigenvalue weighted by atomic mass is 19.1. The van der Waals surface area contributed by atoms with Crippen molar-refractivity contribution in [3.05, 3.63) is 30.1 Å². The van der Waals surface area contributed by atoms with Gasteiger partial charge in [0, 0.05) is 24.8 Å². The molecule has 0 fully saturated rings. The summed E-state index contributed by atoms with van der Waals surface area (Å²) in [5, 5.41) is 3.50. The van der Waals surface area contributed by atoms with Gasteiger partial charge >= 0.3 is 0 Å². The third kappa shape index (κ3) is 5.60. The second-order valence-electron chi connectivity index (χ2n) is 4.86. The molecule has 0 amide bonds. The van der Waals surface area contributed by atoms with Crippen LogP contribution in [0, 0.1) is 5.82 Å². The van der Waals surface area contributed by atoms with Crippen LogP contribution in [0.15, 0.2) is 24.3 Å². The van der Waals surface area contributed by atoms with Crippen molar-refractivity contribution in [3.8, 4) is 0 Å². The Morgan fingerprint density at radius 1 is 1.16 bits per heavy atom. The molecule has 0 radical (unpaired) electrons. The van der Waals surface area contributed by atoms with Crippen molar-refractivity contribution in [1.82, 2.24) is 5.32 Å². The first-order valence-electron chi connectivity index (χ1n) is 7.45. The number of anilines is 1. The second kappa shape index (κ2) is 8.92. The number of benzene rings is 1. The number of nitrogens with zero attached hydrogens (tertiary/aromatic N) is 1. The van der Waals surface area contributed by atoms with Crippen LogP contribution in [0.25, 0.3) is 0 Å². The van der Waals surface area contributed by atoms with E-state index in [1.807, 2.05) is 12.1 Å². The Balaban J connectivity index is 2.42. The van der Waals surface area contributed by atoms with Gasteiger partial charge in [-0.3, -0.25) is 0 Å². The van der Waals surface area contributed by atoms with Crippen molar-refractivity contribution in [2.45, 2.75) is 46.1 Å². The quantitative estimate of drug-likeness (QED) is 0.731. The Kier molecular flexibility index (Phi) is 7.49. The first-order valence-corrected chi connectivity index (χ1v) is 7.45. The molecule has 1 aromatic carbocycles. The van der Waals surface area contributed by atoms with E-state index >= 15 is 0 Å². The van der Waals surface area contributed by atoms with Crippen LogP contribution in [0.4, 0.5) is 10.1 Å². The molecule has 0 heterocycles. The smallest absolute Gasteiger partial charge is 0.123 e. The summed E-state index contributed by atoms with van der Waals surface area (Å²) in [4.78, 5) is 2.30. The van der Waals surface area contributed by atoms with Crippen molar-refractivity contribution in [3.63, 3.8) is 0 Å². The maximum absolute atomic E-state index is 12.9. The summed E-state index contributed by atoms with van der Waals surface area (Å²) in [5.41, 5.74) is 1.11. The topological polar surface area (TPSA) is 15.3 Å². The van der Waals surface area contributed by atoms with Gasteiger partial charge in [-0.2, -0.15) is 0 Å². The third-order valence-electron chi connectivity index (χ3n) is 3.54. The Hall–Kier alpha value is -1.09. The molecule has 0 spiro atoms. The SMILES string of the molecule is CCNC(CC)CCCN(CC)c1ccc(F)cc1. The molecule has 1 aromatic rings. The molecule has 19 heavy (non-hydrogen) atoms. The van der Waals surface area contributed by atoms with E-state index < -0.39 is 0 Å². The molecule has 1 rings (SSSR count). The lowest BCUT2D eigenvalue weighted by molar-refractivity contribution is 0.466. The number of rotatable bonds is 9. The fourth-order valence-electron chi connectivity index (χ4n) is 2.39. The number of nitrogens with one attached hydrogen (secondary N) is 1. The lowest BCUT2D eigenvalue weighted by atomic mass is 10.1. The molecule has 108 valence electrons. The minimum absolute atomic E-state index is 0.169. The zero-order valence-electron chi connectivity index (χ0n) is 12.5. The molecule has 0 aliphatic rings. The van der Waals surface area contributed by atoms with Crippen molar-refractivity contribution in [2.24, 2.45) is 0 Å². The molecule has 0 aliphatic carbocycles. The molecule has 1 unspecified atom stereocenters. The molecule has 0 saturated heterocycles. The van der Waals surface area contributed by atoms with E-state index in [1.165, 1.54) is 25.0 Å². The van der Waals surface area contributed by atoms with Gasteiger partial charge in [0.25, 0.3) is 0 Å². The van der Waals surface area contributed by atoms with E-state index in [0.717, 1.165) is 31.7 Å². The monoisotopic (exact) mass is 266 g/mol. The predicted molar refractivity (Wildman–Crippen MR) is 81.3 cm³/mol. The van der Waals surface area contributed by atoms with Crippen molar-refractivity contribution < 1.29 is 4.39 Å². The number of halogens is 1. The highest BCUT2D eigenvalue weighted by Gasteiger charge is 2.07. The Morgan fingerprint density at radius 3 is 2.37 bits per heavy atom. The lowest BCUT2D eigenvalue weighted by Crippen LogP contribution is -2.30. The molecule has 0 saturated carbocycles. The van der Waals surface area contributed by atoms with Crippen LogP contribution in [-0.2, 0) is 0 Å². The van der Waals surface area contributed by atoms with Crippen LogP contribution in [-0.4, -0.2) is 25.7 Å². The minimum Gasteiger partial charge on any atom is -0.372 e. The highest BCUT2D eigenvalue weighted by Crippen LogP contribution is 2.15. The lowest BCUT2D eigenvalue weighted by Gasteiger charge is -2.24. The van der Waals surface area contributed by atoms with Gasteiger partial charge in [-0.15, -0.1) is 0 Å². The van der Waals surface area contributed by atoms with Crippen molar-refractivity contribution in [1.29, 1.82) is 0 Å². The average Bonchev–Trinajstić information content (AvgIpc) is 2.43. The minimum atomic E-state index is -0.169. The summed E-state index contributed by atoms with van der Waals surface area (Å²) >= 11 is 0. The van der Waals surface area contributed by atoms with Crippen LogP contribution in [0.5, 0.6) is 0 Å². The zero-order chi connectivity index (χ0) is 14.1. The van der Waals surface area contributed by atoms with E-state index in [4.69, 9.17) is 0 Å². The van der Waals surface area contributed by atoms with Crippen LogP contribution in [0.3, 0.4) is 0 Å². The highest BCUT2D eigenvalue weighted by molar-refractivity contribution is 5.45. The van der Waals surface area contributed by atoms with Crippen molar-refractivity contribution in [2.75, 3.05) is 24.5 Å². The van der Waals surface area contributed by atoms with Gasteiger partial charge in [0.15, 0.2) is 0 Å². The van der Waals surface area contributed by atoms with Gasteiger partial charge < -0.3 is 10.2 Å². The fraction of sp³-hybridized carbons (Fsp3) is 0.625. The summed E-state index contributed by atoms with van der Waals surface area (Å²) in [7, 11) is 0. The van der Waals surface area contributed by atoms with Gasteiger partial charge in [0.1, 0.15) is 5.82 Å². The van der Waals surface area contributed by atoms with Crippen LogP contribution < -0.4 is 10.2 Å². The maximum atomic E-state index is 12.9. The number of hydrogen-bond donors (Lipinski definition) is 1. The molecule has 1 atom stereocenters. The Morgan fingerprint density at radius 2 is 1.84 bits per heavy atom. The molecular weight excluding hydrogens is 239 g/mol. The Labute approximate surface area is 117 Å². The van der Waals surface area contributed by atoms with Gasteiger partial charge in [0.2, 0.25) is 0 Å². The van der Waals surface area contributed by atoms with E-state index in [2.05, 4.69) is 31.0 Å². The molecule has 2 nitrogen and oxygen atoms in total. The molecule has 0 aromatic heterocycles. The summed E-state index contributed by atoms with van der Waals surface area (Å²) in [6.45, 7) is 9.55. The second-order valence-corrected chi connectivity index (χ2v) is 4.86. The van der Waals surface area contributed by atoms with E-state index in [0.29, 0.717) is 6.04 Å². The van der Waals surface area contributed by atoms with Gasteiger partial charge in [-0.1, -0.05) is 13.8 Å².